The fourth-order valence-corrected chi connectivity index (χ4v) is 6.52. The third-order valence-electron chi connectivity index (χ3n) is 6.71. The molecule has 0 spiro atoms. The molecular weight excluding hydrogens is 472 g/mol. The van der Waals surface area contributed by atoms with Crippen LogP contribution < -0.4 is 5.32 Å². The zero-order chi connectivity index (χ0) is 21.2. The molecule has 3 aromatic rings. The van der Waals surface area contributed by atoms with Crippen molar-refractivity contribution in [3.05, 3.63) is 56.6 Å². The number of nitrogens with zero attached hydrogens (tertiary/aromatic N) is 3. The number of aromatic nitrogens is 2. The number of pyridine rings is 1. The van der Waals surface area contributed by atoms with Crippen LogP contribution in [-0.4, -0.2) is 39.9 Å². The second kappa shape index (κ2) is 9.35. The molecule has 1 aliphatic carbocycles. The number of hydrogen-bond acceptors (Lipinski definition) is 5. The molecule has 5 nitrogen and oxygen atoms in total. The first-order valence-corrected chi connectivity index (χ1v) is 12.8. The molecule has 0 saturated heterocycles. The molecule has 1 amide bonds. The van der Waals surface area contributed by atoms with Crippen LogP contribution in [0.4, 0.5) is 0 Å². The lowest BCUT2D eigenvalue weighted by Crippen LogP contribution is -2.38. The number of benzene rings is 1. The van der Waals surface area contributed by atoms with Crippen LogP contribution in [0, 0.1) is 5.92 Å². The van der Waals surface area contributed by atoms with Crippen molar-refractivity contribution in [3.63, 3.8) is 0 Å². The predicted molar refractivity (Wildman–Crippen MR) is 128 cm³/mol. The number of rotatable bonds is 5. The minimum atomic E-state index is 0.0283. The summed E-state index contributed by atoms with van der Waals surface area (Å²) in [6.45, 7) is 3.29. The lowest BCUT2D eigenvalue weighted by Gasteiger charge is -2.32. The second-order valence-corrected chi connectivity index (χ2v) is 11.1. The molecule has 2 aliphatic rings. The van der Waals surface area contributed by atoms with E-state index >= 15 is 0 Å². The Balaban J connectivity index is 1.10. The van der Waals surface area contributed by atoms with Gasteiger partial charge in [-0.15, -0.1) is 11.3 Å². The summed E-state index contributed by atoms with van der Waals surface area (Å²) in [6, 6.07) is 9.90. The van der Waals surface area contributed by atoms with E-state index in [9.17, 15) is 4.79 Å². The Kier molecular flexibility index (Phi) is 6.34. The average Bonchev–Trinajstić information content (AvgIpc) is 3.17. The van der Waals surface area contributed by atoms with Crippen LogP contribution in [0.3, 0.4) is 0 Å². The summed E-state index contributed by atoms with van der Waals surface area (Å²) >= 11 is 5.30. The minimum absolute atomic E-state index is 0.0283. The fraction of sp³-hybridized carbons (Fsp3) is 0.458. The van der Waals surface area contributed by atoms with Crippen molar-refractivity contribution in [2.24, 2.45) is 5.92 Å². The van der Waals surface area contributed by atoms with Gasteiger partial charge in [0, 0.05) is 41.2 Å². The third-order valence-corrected chi connectivity index (χ3v) is 8.32. The summed E-state index contributed by atoms with van der Waals surface area (Å²) in [5, 5.41) is 4.20. The molecule has 3 heterocycles. The lowest BCUT2D eigenvalue weighted by molar-refractivity contribution is 0.0921. The lowest BCUT2D eigenvalue weighted by atomic mass is 9.84. The third kappa shape index (κ3) is 4.83. The van der Waals surface area contributed by atoms with E-state index in [0.29, 0.717) is 0 Å². The molecule has 31 heavy (non-hydrogen) atoms. The number of carbonyl (C=O) groups excluding carboxylic acids is 1. The molecule has 1 saturated carbocycles. The van der Waals surface area contributed by atoms with Gasteiger partial charge < -0.3 is 5.32 Å². The van der Waals surface area contributed by atoms with E-state index in [1.165, 1.54) is 29.8 Å². The van der Waals surface area contributed by atoms with Gasteiger partial charge in [0.2, 0.25) is 0 Å². The van der Waals surface area contributed by atoms with Crippen LogP contribution in [0.1, 0.15) is 53.0 Å². The summed E-state index contributed by atoms with van der Waals surface area (Å²) in [5.41, 5.74) is 2.86. The Labute approximate surface area is 195 Å². The Hall–Kier alpha value is -1.83. The molecule has 162 valence electrons. The first-order chi connectivity index (χ1) is 15.2. The molecule has 7 heteroatoms. The van der Waals surface area contributed by atoms with Crippen LogP contribution in [0.25, 0.3) is 10.9 Å². The maximum atomic E-state index is 12.9. The van der Waals surface area contributed by atoms with E-state index in [4.69, 9.17) is 0 Å². The topological polar surface area (TPSA) is 58.1 Å². The zero-order valence-corrected chi connectivity index (χ0v) is 19.9. The Morgan fingerprint density at radius 2 is 2.06 bits per heavy atom. The maximum absolute atomic E-state index is 12.9. The molecule has 1 N–H and O–H groups in total. The molecule has 0 radical (unpaired) electrons. The van der Waals surface area contributed by atoms with Crippen molar-refractivity contribution in [2.75, 3.05) is 13.1 Å². The van der Waals surface area contributed by atoms with Gasteiger partial charge in [-0.2, -0.15) is 0 Å². The molecule has 5 rings (SSSR count). The molecule has 0 bridgehead atoms. The summed E-state index contributed by atoms with van der Waals surface area (Å²) in [5.74, 6) is 0.791. The van der Waals surface area contributed by atoms with Crippen LogP contribution in [0.15, 0.2) is 40.4 Å². The molecule has 1 fully saturated rings. The maximum Gasteiger partial charge on any atom is 0.252 e. The van der Waals surface area contributed by atoms with E-state index in [0.717, 1.165) is 65.2 Å². The van der Waals surface area contributed by atoms with Gasteiger partial charge >= 0.3 is 0 Å². The van der Waals surface area contributed by atoms with Crippen LogP contribution >= 0.6 is 27.3 Å². The van der Waals surface area contributed by atoms with Gasteiger partial charge in [0.25, 0.3) is 5.91 Å². The van der Waals surface area contributed by atoms with Crippen molar-refractivity contribution in [2.45, 2.75) is 51.1 Å². The average molecular weight is 499 g/mol. The zero-order valence-electron chi connectivity index (χ0n) is 17.5. The Morgan fingerprint density at radius 3 is 2.94 bits per heavy atom. The van der Waals surface area contributed by atoms with E-state index in [1.807, 2.05) is 30.3 Å². The summed E-state index contributed by atoms with van der Waals surface area (Å²) in [7, 11) is 0. The first kappa shape index (κ1) is 21.0. The SMILES string of the molecule is O=C(NC1CCC(CCN2CCc3sc(Br)nc3C2)CC1)c1cccc2ncccc12. The van der Waals surface area contributed by atoms with Gasteiger partial charge in [-0.1, -0.05) is 12.1 Å². The van der Waals surface area contributed by atoms with Gasteiger partial charge in [-0.25, -0.2) is 4.98 Å². The largest absolute Gasteiger partial charge is 0.349 e. The highest BCUT2D eigenvalue weighted by Crippen LogP contribution is 2.30. The Bertz CT molecular complexity index is 1070. The number of fused-ring (bicyclic) bond motifs is 2. The molecule has 1 aliphatic heterocycles. The summed E-state index contributed by atoms with van der Waals surface area (Å²) < 4.78 is 1.01. The van der Waals surface area contributed by atoms with Crippen LogP contribution in [0.2, 0.25) is 0 Å². The van der Waals surface area contributed by atoms with Crippen molar-refractivity contribution in [1.29, 1.82) is 0 Å². The predicted octanol–water partition coefficient (Wildman–Crippen LogP) is 5.19. The molecular formula is C24H27BrN4OS. The number of thiazole rings is 1. The van der Waals surface area contributed by atoms with Gasteiger partial charge in [0.1, 0.15) is 0 Å². The van der Waals surface area contributed by atoms with E-state index in [-0.39, 0.29) is 11.9 Å². The van der Waals surface area contributed by atoms with E-state index in [2.05, 4.69) is 36.1 Å². The molecule has 2 aromatic heterocycles. The normalized spacial score (nSPS) is 21.7. The molecule has 1 aromatic carbocycles. The van der Waals surface area contributed by atoms with Crippen LogP contribution in [-0.2, 0) is 13.0 Å². The number of halogens is 1. The minimum Gasteiger partial charge on any atom is -0.349 e. The van der Waals surface area contributed by atoms with Crippen molar-refractivity contribution in [3.8, 4) is 0 Å². The van der Waals surface area contributed by atoms with Gasteiger partial charge in [-0.3, -0.25) is 14.7 Å². The van der Waals surface area contributed by atoms with Gasteiger partial charge in [0.15, 0.2) is 3.92 Å². The van der Waals surface area contributed by atoms with Crippen molar-refractivity contribution >= 4 is 44.1 Å². The van der Waals surface area contributed by atoms with Gasteiger partial charge in [0.05, 0.1) is 11.2 Å². The summed E-state index contributed by atoms with van der Waals surface area (Å²) in [4.78, 5) is 25.9. The smallest absolute Gasteiger partial charge is 0.252 e. The van der Waals surface area contributed by atoms with E-state index < -0.39 is 0 Å². The number of hydrogen-bond donors (Lipinski definition) is 1. The monoisotopic (exact) mass is 498 g/mol. The highest BCUT2D eigenvalue weighted by molar-refractivity contribution is 9.11. The van der Waals surface area contributed by atoms with E-state index in [1.54, 1.807) is 17.5 Å². The molecule has 0 atom stereocenters. The van der Waals surface area contributed by atoms with Crippen LogP contribution in [0.5, 0.6) is 0 Å². The number of carbonyl (C=O) groups is 1. The number of nitrogens with one attached hydrogen (secondary N) is 1. The second-order valence-electron chi connectivity index (χ2n) is 8.72. The highest BCUT2D eigenvalue weighted by atomic mass is 79.9. The van der Waals surface area contributed by atoms with Gasteiger partial charge in [-0.05, 0) is 85.1 Å². The fourth-order valence-electron chi connectivity index (χ4n) is 4.94. The standard InChI is InChI=1S/C24H27BrN4OS/c25-24-28-21-15-29(14-11-22(21)31-24)13-10-16-6-8-17(9-7-16)27-23(30)19-3-1-5-20-18(19)4-2-12-26-20/h1-5,12,16-17H,6-11,13-15H2,(H,27,30). The van der Waals surface area contributed by atoms with Crippen molar-refractivity contribution in [1.82, 2.24) is 20.2 Å². The first-order valence-electron chi connectivity index (χ1n) is 11.2. The quantitative estimate of drug-likeness (QED) is 0.525. The van der Waals surface area contributed by atoms with Crippen molar-refractivity contribution < 1.29 is 4.79 Å². The highest BCUT2D eigenvalue weighted by Gasteiger charge is 2.25. The molecule has 0 unspecified atom stereocenters. The number of amides is 1. The summed E-state index contributed by atoms with van der Waals surface area (Å²) in [6.07, 6.45) is 8.68. The Morgan fingerprint density at radius 1 is 1.19 bits per heavy atom.